The van der Waals surface area contributed by atoms with Gasteiger partial charge >= 0.3 is 0 Å². The number of hydrogen-bond acceptors (Lipinski definition) is 3. The van der Waals surface area contributed by atoms with E-state index in [1.807, 2.05) is 0 Å². The molecule has 0 saturated carbocycles. The molecule has 5 nitrogen and oxygen atoms in total. The monoisotopic (exact) mass is 211 g/mol. The van der Waals surface area contributed by atoms with E-state index in [0.29, 0.717) is 11.4 Å². The van der Waals surface area contributed by atoms with Gasteiger partial charge in [0, 0.05) is 0 Å². The molecule has 12 heavy (non-hydrogen) atoms. The normalized spacial score (nSPS) is 10.9. The lowest BCUT2D eigenvalue weighted by Gasteiger charge is -1.94. The number of aryl methyl sites for hydroxylation is 2. The first-order valence-electron chi connectivity index (χ1n) is 2.97. The van der Waals surface area contributed by atoms with Gasteiger partial charge < -0.3 is 0 Å². The third-order valence-electron chi connectivity index (χ3n) is 1.35. The molecule has 0 radical (unpaired) electrons. The van der Waals surface area contributed by atoms with Crippen molar-refractivity contribution >= 4 is 22.4 Å². The van der Waals surface area contributed by atoms with E-state index >= 15 is 0 Å². The summed E-state index contributed by atoms with van der Waals surface area (Å²) in [7, 11) is -3.61. The Labute approximate surface area is 76.8 Å². The third kappa shape index (κ3) is 1.96. The van der Waals surface area contributed by atoms with Crippen LogP contribution in [0.4, 0.5) is 0 Å². The summed E-state index contributed by atoms with van der Waals surface area (Å²) >= 11 is 0. The van der Waals surface area contributed by atoms with Crippen molar-refractivity contribution in [2.45, 2.75) is 18.7 Å². The minimum atomic E-state index is -3.61. The van der Waals surface area contributed by atoms with Crippen LogP contribution in [0.3, 0.4) is 0 Å². The molecule has 0 bridgehead atoms. The Morgan fingerprint density at radius 1 is 1.42 bits per heavy atom. The van der Waals surface area contributed by atoms with E-state index in [1.165, 1.54) is 0 Å². The molecule has 1 aromatic heterocycles. The zero-order chi connectivity index (χ0) is 8.65. The number of primary sulfonamides is 1. The Morgan fingerprint density at radius 3 is 2.08 bits per heavy atom. The highest BCUT2D eigenvalue weighted by molar-refractivity contribution is 7.89. The molecule has 0 saturated heterocycles. The molecule has 70 valence electrons. The van der Waals surface area contributed by atoms with E-state index in [9.17, 15) is 8.42 Å². The molecule has 1 rings (SSSR count). The molecule has 0 aliphatic rings. The lowest BCUT2D eigenvalue weighted by atomic mass is 10.4. The van der Waals surface area contributed by atoms with Crippen molar-refractivity contribution in [3.8, 4) is 0 Å². The van der Waals surface area contributed by atoms with Gasteiger partial charge in [0.15, 0.2) is 0 Å². The maximum atomic E-state index is 10.9. The molecule has 1 aromatic rings. The number of H-pyrrole nitrogens is 1. The second-order valence-corrected chi connectivity index (χ2v) is 3.81. The van der Waals surface area contributed by atoms with Crippen LogP contribution in [0.15, 0.2) is 4.90 Å². The summed E-state index contributed by atoms with van der Waals surface area (Å²) < 4.78 is 21.7. The van der Waals surface area contributed by atoms with Crippen LogP contribution >= 0.6 is 12.4 Å². The van der Waals surface area contributed by atoms with Crippen LogP contribution in [-0.4, -0.2) is 18.6 Å². The Balaban J connectivity index is 0.00000121. The van der Waals surface area contributed by atoms with Gasteiger partial charge in [-0.05, 0) is 13.8 Å². The number of sulfonamides is 1. The van der Waals surface area contributed by atoms with E-state index in [1.54, 1.807) is 13.8 Å². The van der Waals surface area contributed by atoms with Crippen molar-refractivity contribution in [2.24, 2.45) is 5.14 Å². The third-order valence-corrected chi connectivity index (χ3v) is 2.52. The van der Waals surface area contributed by atoms with Gasteiger partial charge in [0.05, 0.1) is 11.4 Å². The Bertz CT molecular complexity index is 351. The standard InChI is InChI=1S/C5H9N3O2S.ClH/c1-3-5(11(6,9)10)4(2)8-7-3;/h1-2H3,(H,7,8)(H2,6,9,10);1H. The fourth-order valence-corrected chi connectivity index (χ4v) is 1.89. The van der Waals surface area contributed by atoms with E-state index in [-0.39, 0.29) is 17.3 Å². The number of hydrogen-bond donors (Lipinski definition) is 2. The van der Waals surface area contributed by atoms with E-state index in [4.69, 9.17) is 5.14 Å². The summed E-state index contributed by atoms with van der Waals surface area (Å²) in [6.45, 7) is 3.20. The maximum absolute atomic E-state index is 10.9. The Hall–Kier alpha value is -0.590. The van der Waals surface area contributed by atoms with Crippen LogP contribution in [0.25, 0.3) is 0 Å². The average molecular weight is 212 g/mol. The quantitative estimate of drug-likeness (QED) is 0.690. The molecule has 0 aliphatic carbocycles. The van der Waals surface area contributed by atoms with E-state index in [0.717, 1.165) is 0 Å². The van der Waals surface area contributed by atoms with E-state index < -0.39 is 10.0 Å². The summed E-state index contributed by atoms with van der Waals surface area (Å²) in [5.41, 5.74) is 0.884. The van der Waals surface area contributed by atoms with Gasteiger partial charge in [0.1, 0.15) is 4.90 Å². The molecular formula is C5H10ClN3O2S. The van der Waals surface area contributed by atoms with Crippen LogP contribution < -0.4 is 5.14 Å². The predicted octanol–water partition coefficient (Wildman–Crippen LogP) is 0.0957. The molecule has 7 heteroatoms. The summed E-state index contributed by atoms with van der Waals surface area (Å²) in [5.74, 6) is 0. The summed E-state index contributed by atoms with van der Waals surface area (Å²) in [6, 6.07) is 0. The molecule has 0 aliphatic heterocycles. The first-order valence-corrected chi connectivity index (χ1v) is 4.52. The fraction of sp³-hybridized carbons (Fsp3) is 0.400. The number of nitrogens with two attached hydrogens (primary N) is 1. The topological polar surface area (TPSA) is 88.8 Å². The summed E-state index contributed by atoms with van der Waals surface area (Å²) in [6.07, 6.45) is 0. The highest BCUT2D eigenvalue weighted by atomic mass is 35.5. The van der Waals surface area contributed by atoms with E-state index in [2.05, 4.69) is 10.2 Å². The van der Waals surface area contributed by atoms with Crippen LogP contribution in [0.2, 0.25) is 0 Å². The van der Waals surface area contributed by atoms with Crippen LogP contribution in [0.5, 0.6) is 0 Å². The number of aromatic nitrogens is 2. The maximum Gasteiger partial charge on any atom is 0.241 e. The highest BCUT2D eigenvalue weighted by Gasteiger charge is 2.16. The second-order valence-electron chi connectivity index (χ2n) is 2.31. The van der Waals surface area contributed by atoms with Crippen molar-refractivity contribution in [3.05, 3.63) is 11.4 Å². The molecule has 0 unspecified atom stereocenters. The van der Waals surface area contributed by atoms with Crippen molar-refractivity contribution in [1.29, 1.82) is 0 Å². The smallest absolute Gasteiger partial charge is 0.241 e. The fourth-order valence-electron chi connectivity index (χ4n) is 0.960. The van der Waals surface area contributed by atoms with Crippen LogP contribution in [-0.2, 0) is 10.0 Å². The summed E-state index contributed by atoms with van der Waals surface area (Å²) in [4.78, 5) is 0.0949. The van der Waals surface area contributed by atoms with Crippen molar-refractivity contribution in [2.75, 3.05) is 0 Å². The molecule has 0 amide bonds. The second kappa shape index (κ2) is 3.42. The van der Waals surface area contributed by atoms with Gasteiger partial charge in [-0.1, -0.05) is 0 Å². The zero-order valence-corrected chi connectivity index (χ0v) is 8.29. The number of aromatic amines is 1. The lowest BCUT2D eigenvalue weighted by molar-refractivity contribution is 0.596. The first-order chi connectivity index (χ1) is 4.93. The highest BCUT2D eigenvalue weighted by Crippen LogP contribution is 2.13. The zero-order valence-electron chi connectivity index (χ0n) is 6.66. The lowest BCUT2D eigenvalue weighted by Crippen LogP contribution is -2.13. The molecular weight excluding hydrogens is 202 g/mol. The number of halogens is 1. The molecule has 1 heterocycles. The predicted molar refractivity (Wildman–Crippen MR) is 46.7 cm³/mol. The summed E-state index contributed by atoms with van der Waals surface area (Å²) in [5, 5.41) is 11.1. The van der Waals surface area contributed by atoms with Crippen LogP contribution in [0.1, 0.15) is 11.4 Å². The largest absolute Gasteiger partial charge is 0.281 e. The van der Waals surface area contributed by atoms with Crippen molar-refractivity contribution < 1.29 is 8.42 Å². The van der Waals surface area contributed by atoms with Gasteiger partial charge in [0.2, 0.25) is 10.0 Å². The minimum Gasteiger partial charge on any atom is -0.281 e. The molecule has 0 atom stereocenters. The van der Waals surface area contributed by atoms with Crippen LogP contribution in [0, 0.1) is 13.8 Å². The number of nitrogens with one attached hydrogen (secondary N) is 1. The van der Waals surface area contributed by atoms with Gasteiger partial charge in [0.25, 0.3) is 0 Å². The SMILES string of the molecule is Cc1n[nH]c(C)c1S(N)(=O)=O.Cl. The average Bonchev–Trinajstić information content (AvgIpc) is 2.08. The first kappa shape index (κ1) is 11.4. The van der Waals surface area contributed by atoms with Crippen molar-refractivity contribution in [1.82, 2.24) is 10.2 Å². The molecule has 0 spiro atoms. The van der Waals surface area contributed by atoms with Gasteiger partial charge in [-0.2, -0.15) is 5.10 Å². The molecule has 0 fully saturated rings. The number of rotatable bonds is 1. The molecule has 3 N–H and O–H groups in total. The van der Waals surface area contributed by atoms with Gasteiger partial charge in [-0.25, -0.2) is 13.6 Å². The Morgan fingerprint density at radius 2 is 1.92 bits per heavy atom. The van der Waals surface area contributed by atoms with Crippen molar-refractivity contribution in [3.63, 3.8) is 0 Å². The van der Waals surface area contributed by atoms with Gasteiger partial charge in [-0.3, -0.25) is 5.10 Å². The van der Waals surface area contributed by atoms with Gasteiger partial charge in [-0.15, -0.1) is 12.4 Å². The Kier molecular flexibility index (Phi) is 3.25. The minimum absolute atomic E-state index is 0. The number of nitrogens with zero attached hydrogens (tertiary/aromatic N) is 1. The molecule has 0 aromatic carbocycles.